The van der Waals surface area contributed by atoms with Crippen LogP contribution in [0.2, 0.25) is 0 Å². The van der Waals surface area contributed by atoms with Crippen molar-refractivity contribution in [3.8, 4) is 12.3 Å². The Kier molecular flexibility index (Phi) is 1.49. The highest BCUT2D eigenvalue weighted by atomic mass is 16.8. The lowest BCUT2D eigenvalue weighted by molar-refractivity contribution is -0.200. The molecular formula is C5H6O3. The van der Waals surface area contributed by atoms with Gasteiger partial charge in [-0.1, -0.05) is 5.92 Å². The third-order valence-electron chi connectivity index (χ3n) is 0.857. The lowest BCUT2D eigenvalue weighted by Crippen LogP contribution is -2.08. The average molecular weight is 114 g/mol. The van der Waals surface area contributed by atoms with Crippen molar-refractivity contribution in [2.45, 2.75) is 12.6 Å². The van der Waals surface area contributed by atoms with Crippen LogP contribution in [0, 0.1) is 12.3 Å². The summed E-state index contributed by atoms with van der Waals surface area (Å²) in [5.41, 5.74) is 0. The van der Waals surface area contributed by atoms with E-state index in [2.05, 4.69) is 15.4 Å². The molecular weight excluding hydrogens is 108 g/mol. The van der Waals surface area contributed by atoms with Crippen LogP contribution >= 0.6 is 0 Å². The smallest absolute Gasteiger partial charge is 0.270 e. The number of terminal acetylenes is 1. The monoisotopic (exact) mass is 114 g/mol. The van der Waals surface area contributed by atoms with Gasteiger partial charge in [0.1, 0.15) is 6.10 Å². The summed E-state index contributed by atoms with van der Waals surface area (Å²) >= 11 is 0. The molecule has 0 saturated carbocycles. The number of hydrogen-bond acceptors (Lipinski definition) is 3. The first-order valence-electron chi connectivity index (χ1n) is 2.24. The molecule has 1 aliphatic heterocycles. The Morgan fingerprint density at radius 2 is 2.50 bits per heavy atom. The van der Waals surface area contributed by atoms with Gasteiger partial charge in [0.15, 0.2) is 0 Å². The van der Waals surface area contributed by atoms with Gasteiger partial charge in [-0.3, -0.25) is 0 Å². The van der Waals surface area contributed by atoms with Crippen LogP contribution in [0.5, 0.6) is 0 Å². The van der Waals surface area contributed by atoms with Crippen LogP contribution < -0.4 is 0 Å². The Labute approximate surface area is 47.2 Å². The number of aliphatic hydroxyl groups excluding tert-OH is 1. The number of rotatable bonds is 0. The zero-order valence-corrected chi connectivity index (χ0v) is 4.20. The third-order valence-corrected chi connectivity index (χ3v) is 0.857. The first-order chi connectivity index (χ1) is 3.83. The van der Waals surface area contributed by atoms with Gasteiger partial charge in [0.25, 0.3) is 6.48 Å². The van der Waals surface area contributed by atoms with Crippen molar-refractivity contribution in [1.29, 1.82) is 0 Å². The standard InChI is InChI=1S/C5H6O3/c1-2-4-3-7-5(6)8-4/h1,4-6H,3H2. The van der Waals surface area contributed by atoms with Gasteiger partial charge < -0.3 is 14.6 Å². The van der Waals surface area contributed by atoms with Crippen molar-refractivity contribution in [3.05, 3.63) is 0 Å². The van der Waals surface area contributed by atoms with Crippen LogP contribution in [0.4, 0.5) is 0 Å². The van der Waals surface area contributed by atoms with Gasteiger partial charge in [0, 0.05) is 0 Å². The fraction of sp³-hybridized carbons (Fsp3) is 0.600. The minimum Gasteiger partial charge on any atom is -0.346 e. The van der Waals surface area contributed by atoms with Gasteiger partial charge in [0.05, 0.1) is 6.61 Å². The molecule has 0 aromatic rings. The molecule has 0 bridgehead atoms. The predicted molar refractivity (Wildman–Crippen MR) is 25.7 cm³/mol. The van der Waals surface area contributed by atoms with E-state index < -0.39 is 6.48 Å². The van der Waals surface area contributed by atoms with Crippen LogP contribution in [-0.2, 0) is 9.47 Å². The molecule has 44 valence electrons. The van der Waals surface area contributed by atoms with Crippen molar-refractivity contribution in [1.82, 2.24) is 0 Å². The molecule has 0 aromatic heterocycles. The van der Waals surface area contributed by atoms with E-state index >= 15 is 0 Å². The Morgan fingerprint density at radius 1 is 1.75 bits per heavy atom. The summed E-state index contributed by atoms with van der Waals surface area (Å²) in [5, 5.41) is 8.49. The van der Waals surface area contributed by atoms with Gasteiger partial charge in [0.2, 0.25) is 0 Å². The van der Waals surface area contributed by atoms with E-state index in [1.165, 1.54) is 0 Å². The van der Waals surface area contributed by atoms with E-state index in [0.717, 1.165) is 0 Å². The Balaban J connectivity index is 2.35. The second-order valence-electron chi connectivity index (χ2n) is 1.43. The molecule has 1 N–H and O–H groups in total. The number of aliphatic hydroxyl groups is 1. The SMILES string of the molecule is C#CC1COC(O)O1. The van der Waals surface area contributed by atoms with Gasteiger partial charge in [-0.25, -0.2) is 0 Å². The molecule has 0 amide bonds. The zero-order chi connectivity index (χ0) is 5.98. The van der Waals surface area contributed by atoms with Crippen LogP contribution in [0.1, 0.15) is 0 Å². The first-order valence-corrected chi connectivity index (χ1v) is 2.24. The van der Waals surface area contributed by atoms with Crippen LogP contribution in [-0.4, -0.2) is 24.3 Å². The van der Waals surface area contributed by atoms with E-state index in [1.54, 1.807) is 0 Å². The highest BCUT2D eigenvalue weighted by molar-refractivity contribution is 4.95. The summed E-state index contributed by atoms with van der Waals surface area (Å²) in [7, 11) is 0. The van der Waals surface area contributed by atoms with Crippen molar-refractivity contribution >= 4 is 0 Å². The normalized spacial score (nSPS) is 37.0. The predicted octanol–water partition coefficient (Wildman–Crippen LogP) is -0.689. The lowest BCUT2D eigenvalue weighted by Gasteiger charge is -1.96. The molecule has 8 heavy (non-hydrogen) atoms. The minimum atomic E-state index is -1.11. The first kappa shape index (κ1) is 5.57. The molecule has 2 atom stereocenters. The summed E-state index contributed by atoms with van der Waals surface area (Å²) in [6.07, 6.45) is 4.56. The van der Waals surface area contributed by atoms with Crippen LogP contribution in [0.3, 0.4) is 0 Å². The van der Waals surface area contributed by atoms with E-state index in [0.29, 0.717) is 0 Å². The highest BCUT2D eigenvalue weighted by Gasteiger charge is 2.20. The molecule has 0 spiro atoms. The van der Waals surface area contributed by atoms with Gasteiger partial charge in [-0.2, -0.15) is 0 Å². The van der Waals surface area contributed by atoms with Crippen molar-refractivity contribution in [2.75, 3.05) is 6.61 Å². The lowest BCUT2D eigenvalue weighted by atomic mass is 10.4. The minimum absolute atomic E-state index is 0.289. The molecule has 0 aliphatic carbocycles. The van der Waals surface area contributed by atoms with E-state index in [1.807, 2.05) is 0 Å². The maximum Gasteiger partial charge on any atom is 0.270 e. The Bertz CT molecular complexity index is 115. The summed E-state index contributed by atoms with van der Waals surface area (Å²) in [6, 6.07) is 0. The van der Waals surface area contributed by atoms with E-state index in [-0.39, 0.29) is 12.7 Å². The van der Waals surface area contributed by atoms with Crippen molar-refractivity contribution < 1.29 is 14.6 Å². The van der Waals surface area contributed by atoms with E-state index in [9.17, 15) is 0 Å². The number of hydrogen-bond donors (Lipinski definition) is 1. The summed E-state index contributed by atoms with van der Waals surface area (Å²) in [6.45, 7) is -0.825. The molecule has 0 radical (unpaired) electrons. The Hall–Kier alpha value is -0.560. The molecule has 2 unspecified atom stereocenters. The highest BCUT2D eigenvalue weighted by Crippen LogP contribution is 2.06. The second-order valence-corrected chi connectivity index (χ2v) is 1.43. The molecule has 1 heterocycles. The fourth-order valence-electron chi connectivity index (χ4n) is 0.476. The quantitative estimate of drug-likeness (QED) is 0.424. The fourth-order valence-corrected chi connectivity index (χ4v) is 0.476. The van der Waals surface area contributed by atoms with Crippen LogP contribution in [0.25, 0.3) is 0 Å². The maximum absolute atomic E-state index is 8.49. The van der Waals surface area contributed by atoms with Crippen LogP contribution in [0.15, 0.2) is 0 Å². The average Bonchev–Trinajstić information content (AvgIpc) is 2.14. The molecule has 1 saturated heterocycles. The van der Waals surface area contributed by atoms with Gasteiger partial charge in [-0.15, -0.1) is 6.42 Å². The molecule has 1 rings (SSSR count). The molecule has 0 aromatic carbocycles. The van der Waals surface area contributed by atoms with Gasteiger partial charge in [-0.05, 0) is 0 Å². The molecule has 3 heteroatoms. The Morgan fingerprint density at radius 3 is 2.75 bits per heavy atom. The van der Waals surface area contributed by atoms with Crippen molar-refractivity contribution in [3.63, 3.8) is 0 Å². The summed E-state index contributed by atoms with van der Waals surface area (Å²) in [4.78, 5) is 0. The molecule has 1 fully saturated rings. The maximum atomic E-state index is 8.49. The third kappa shape index (κ3) is 0.984. The second kappa shape index (κ2) is 2.14. The largest absolute Gasteiger partial charge is 0.346 e. The summed E-state index contributed by atoms with van der Waals surface area (Å²) in [5.74, 6) is 2.29. The molecule has 1 aliphatic rings. The van der Waals surface area contributed by atoms with Gasteiger partial charge >= 0.3 is 0 Å². The summed E-state index contributed by atoms with van der Waals surface area (Å²) < 4.78 is 9.15. The van der Waals surface area contributed by atoms with E-state index in [4.69, 9.17) is 11.5 Å². The molecule has 3 nitrogen and oxygen atoms in total. The number of ether oxygens (including phenoxy) is 2. The zero-order valence-electron chi connectivity index (χ0n) is 4.20. The van der Waals surface area contributed by atoms with Crippen molar-refractivity contribution in [2.24, 2.45) is 0 Å². The topological polar surface area (TPSA) is 38.7 Å².